The van der Waals surface area contributed by atoms with Crippen LogP contribution in [0.5, 0.6) is 0 Å². The number of methoxy groups -OCH3 is 1. The van der Waals surface area contributed by atoms with Gasteiger partial charge < -0.3 is 14.8 Å². The van der Waals surface area contributed by atoms with Gasteiger partial charge in [0, 0.05) is 23.7 Å². The number of hydrogen-bond donors (Lipinski definition) is 1. The molecule has 0 aromatic heterocycles. The molecule has 1 N–H and O–H groups in total. The number of carbonyl (C=O) groups excluding carboxylic acids is 1. The van der Waals surface area contributed by atoms with Gasteiger partial charge in [-0.2, -0.15) is 4.31 Å². The van der Waals surface area contributed by atoms with Crippen molar-refractivity contribution in [3.05, 3.63) is 28.2 Å². The van der Waals surface area contributed by atoms with E-state index in [0.717, 1.165) is 6.42 Å². The standard InChI is InChI=1S/C16H20Cl2N2O5S/c1-24-9-25-15-8-19-16(21)14-4-2-3-13(15)20(14)26(22,23)12-6-10(17)5-11(18)7-12/h5-7,13-15H,2-4,8-9H2,1H3,(H,19,21)/t13-,14+,15+/m1/s1. The first-order valence-electron chi connectivity index (χ1n) is 8.22. The number of nitrogens with one attached hydrogen (secondary N) is 1. The Morgan fingerprint density at radius 1 is 1.23 bits per heavy atom. The summed E-state index contributed by atoms with van der Waals surface area (Å²) >= 11 is 12.0. The minimum Gasteiger partial charge on any atom is -0.359 e. The molecule has 0 aliphatic carbocycles. The van der Waals surface area contributed by atoms with Crippen molar-refractivity contribution in [3.63, 3.8) is 0 Å². The van der Waals surface area contributed by atoms with Crippen LogP contribution in [0.2, 0.25) is 10.0 Å². The molecular weight excluding hydrogens is 403 g/mol. The summed E-state index contributed by atoms with van der Waals surface area (Å²) in [5, 5.41) is 3.20. The van der Waals surface area contributed by atoms with Gasteiger partial charge in [-0.3, -0.25) is 4.79 Å². The Kier molecular flexibility index (Phi) is 6.11. The fourth-order valence-electron chi connectivity index (χ4n) is 3.53. The Balaban J connectivity index is 2.04. The first-order valence-corrected chi connectivity index (χ1v) is 10.4. The molecule has 3 atom stereocenters. The van der Waals surface area contributed by atoms with Crippen molar-refractivity contribution in [2.45, 2.75) is 42.3 Å². The van der Waals surface area contributed by atoms with Crippen LogP contribution in [0.1, 0.15) is 19.3 Å². The molecule has 0 saturated carbocycles. The van der Waals surface area contributed by atoms with Gasteiger partial charge in [0.05, 0.1) is 17.0 Å². The van der Waals surface area contributed by atoms with Crippen LogP contribution in [0.15, 0.2) is 23.1 Å². The molecule has 144 valence electrons. The molecule has 0 unspecified atom stereocenters. The summed E-state index contributed by atoms with van der Waals surface area (Å²) in [4.78, 5) is 12.5. The lowest BCUT2D eigenvalue weighted by Gasteiger charge is -2.40. The molecule has 3 rings (SSSR count). The molecule has 2 heterocycles. The summed E-state index contributed by atoms with van der Waals surface area (Å²) < 4.78 is 38.6. The minimum absolute atomic E-state index is 0.0125. The van der Waals surface area contributed by atoms with E-state index in [1.807, 2.05) is 0 Å². The highest BCUT2D eigenvalue weighted by Gasteiger charge is 2.48. The van der Waals surface area contributed by atoms with Crippen LogP contribution in [0.4, 0.5) is 0 Å². The number of sulfonamides is 1. The summed E-state index contributed by atoms with van der Waals surface area (Å²) in [5.74, 6) is -0.324. The van der Waals surface area contributed by atoms with Gasteiger partial charge in [-0.1, -0.05) is 23.2 Å². The normalized spacial score (nSPS) is 27.0. The highest BCUT2D eigenvalue weighted by Crippen LogP contribution is 2.35. The lowest BCUT2D eigenvalue weighted by Crippen LogP contribution is -2.56. The number of rotatable bonds is 5. The number of hydrogen-bond acceptors (Lipinski definition) is 5. The van der Waals surface area contributed by atoms with Gasteiger partial charge in [0.1, 0.15) is 12.8 Å². The first kappa shape index (κ1) is 19.9. The largest absolute Gasteiger partial charge is 0.359 e. The number of ether oxygens (including phenoxy) is 2. The van der Waals surface area contributed by atoms with Gasteiger partial charge >= 0.3 is 0 Å². The zero-order chi connectivity index (χ0) is 18.9. The summed E-state index contributed by atoms with van der Waals surface area (Å²) in [7, 11) is -2.51. The van der Waals surface area contributed by atoms with Crippen LogP contribution < -0.4 is 5.32 Å². The van der Waals surface area contributed by atoms with Gasteiger partial charge in [-0.15, -0.1) is 0 Å². The molecule has 2 bridgehead atoms. The number of fused-ring (bicyclic) bond motifs is 2. The van der Waals surface area contributed by atoms with E-state index in [1.165, 1.54) is 29.6 Å². The molecule has 2 aliphatic heterocycles. The van der Waals surface area contributed by atoms with Crippen molar-refractivity contribution in [2.75, 3.05) is 20.4 Å². The molecule has 0 radical (unpaired) electrons. The fourth-order valence-corrected chi connectivity index (χ4v) is 6.11. The second kappa shape index (κ2) is 8.00. The maximum atomic E-state index is 13.4. The van der Waals surface area contributed by atoms with E-state index in [4.69, 9.17) is 32.7 Å². The highest BCUT2D eigenvalue weighted by molar-refractivity contribution is 7.89. The topological polar surface area (TPSA) is 84.9 Å². The molecule has 1 aromatic carbocycles. The average molecular weight is 423 g/mol. The molecule has 2 saturated heterocycles. The van der Waals surface area contributed by atoms with Gasteiger partial charge in [0.2, 0.25) is 15.9 Å². The summed E-state index contributed by atoms with van der Waals surface area (Å²) in [6, 6.07) is 2.87. The van der Waals surface area contributed by atoms with E-state index in [9.17, 15) is 13.2 Å². The summed E-state index contributed by atoms with van der Waals surface area (Å²) in [6.07, 6.45) is 1.27. The van der Waals surface area contributed by atoms with E-state index in [0.29, 0.717) is 12.8 Å². The number of carbonyl (C=O) groups is 1. The maximum Gasteiger partial charge on any atom is 0.244 e. The summed E-state index contributed by atoms with van der Waals surface area (Å²) in [6.45, 7) is 0.240. The van der Waals surface area contributed by atoms with Crippen molar-refractivity contribution in [3.8, 4) is 0 Å². The Bertz CT molecular complexity index is 769. The molecule has 1 amide bonds. The first-order chi connectivity index (χ1) is 12.3. The zero-order valence-corrected chi connectivity index (χ0v) is 16.5. The number of nitrogens with zero attached hydrogens (tertiary/aromatic N) is 1. The molecule has 1 aromatic rings. The van der Waals surface area contributed by atoms with E-state index in [1.54, 1.807) is 0 Å². The van der Waals surface area contributed by atoms with Crippen LogP contribution in [0, 0.1) is 0 Å². The van der Waals surface area contributed by atoms with Crippen molar-refractivity contribution in [1.29, 1.82) is 0 Å². The van der Waals surface area contributed by atoms with E-state index in [-0.39, 0.29) is 34.2 Å². The monoisotopic (exact) mass is 422 g/mol. The molecule has 7 nitrogen and oxygen atoms in total. The molecule has 2 fully saturated rings. The summed E-state index contributed by atoms with van der Waals surface area (Å²) in [5.41, 5.74) is 0. The quantitative estimate of drug-likeness (QED) is 0.733. The second-order valence-corrected chi connectivity index (χ2v) is 9.03. The number of amides is 1. The average Bonchev–Trinajstić information content (AvgIpc) is 2.67. The van der Waals surface area contributed by atoms with E-state index in [2.05, 4.69) is 5.32 Å². The predicted molar refractivity (Wildman–Crippen MR) is 96.7 cm³/mol. The lowest BCUT2D eigenvalue weighted by molar-refractivity contribution is -0.125. The Morgan fingerprint density at radius 2 is 1.92 bits per heavy atom. The molecular formula is C16H20Cl2N2O5S. The fraction of sp³-hybridized carbons (Fsp3) is 0.562. The van der Waals surface area contributed by atoms with E-state index < -0.39 is 28.2 Å². The van der Waals surface area contributed by atoms with Crippen LogP contribution in [-0.4, -0.2) is 57.3 Å². The third-order valence-corrected chi connectivity index (χ3v) is 6.98. The predicted octanol–water partition coefficient (Wildman–Crippen LogP) is 2.02. The molecule has 10 heteroatoms. The maximum absolute atomic E-state index is 13.4. The number of piperidine rings is 1. The SMILES string of the molecule is COCO[C@H]1CNC(=O)[C@@H]2CCC[C@H]1N2S(=O)(=O)c1cc(Cl)cc(Cl)c1. The molecule has 26 heavy (non-hydrogen) atoms. The van der Waals surface area contributed by atoms with Crippen LogP contribution in [0.25, 0.3) is 0 Å². The van der Waals surface area contributed by atoms with Gasteiger partial charge in [-0.05, 0) is 37.5 Å². The van der Waals surface area contributed by atoms with Crippen molar-refractivity contribution in [1.82, 2.24) is 9.62 Å². The van der Waals surface area contributed by atoms with Gasteiger partial charge in [0.15, 0.2) is 0 Å². The third-order valence-electron chi connectivity index (χ3n) is 4.63. The van der Waals surface area contributed by atoms with Crippen LogP contribution in [-0.2, 0) is 24.3 Å². The van der Waals surface area contributed by atoms with Gasteiger partial charge in [0.25, 0.3) is 0 Å². The van der Waals surface area contributed by atoms with Crippen molar-refractivity contribution < 1.29 is 22.7 Å². The van der Waals surface area contributed by atoms with Gasteiger partial charge in [-0.25, -0.2) is 8.42 Å². The van der Waals surface area contributed by atoms with Crippen molar-refractivity contribution in [2.24, 2.45) is 0 Å². The number of benzene rings is 1. The Morgan fingerprint density at radius 3 is 2.58 bits per heavy atom. The van der Waals surface area contributed by atoms with Crippen LogP contribution in [0.3, 0.4) is 0 Å². The van der Waals surface area contributed by atoms with E-state index >= 15 is 0 Å². The van der Waals surface area contributed by atoms with Crippen LogP contribution >= 0.6 is 23.2 Å². The molecule has 2 aliphatic rings. The third kappa shape index (κ3) is 3.85. The highest BCUT2D eigenvalue weighted by atomic mass is 35.5. The zero-order valence-electron chi connectivity index (χ0n) is 14.2. The Hall–Kier alpha value is -0.900. The minimum atomic E-state index is -4.00. The number of halogens is 2. The molecule has 0 spiro atoms. The van der Waals surface area contributed by atoms with Crippen molar-refractivity contribution >= 4 is 39.1 Å². The smallest absolute Gasteiger partial charge is 0.244 e. The Labute approximate surface area is 162 Å². The second-order valence-electron chi connectivity index (χ2n) is 6.31. The lowest BCUT2D eigenvalue weighted by atomic mass is 9.96.